The van der Waals surface area contributed by atoms with E-state index in [1.807, 2.05) is 13.2 Å². The van der Waals surface area contributed by atoms with Gasteiger partial charge in [0.15, 0.2) is 5.96 Å². The van der Waals surface area contributed by atoms with E-state index < -0.39 is 0 Å². The van der Waals surface area contributed by atoms with Crippen LogP contribution in [0.15, 0.2) is 23.3 Å². The lowest BCUT2D eigenvalue weighted by atomic mass is 10.0. The first-order valence-electron chi connectivity index (χ1n) is 11.8. The van der Waals surface area contributed by atoms with Crippen LogP contribution in [0.25, 0.3) is 0 Å². The molecule has 0 spiro atoms. The molecule has 0 radical (unpaired) electrons. The minimum Gasteiger partial charge on any atom is -0.381 e. The third-order valence-corrected chi connectivity index (χ3v) is 6.53. The zero-order valence-corrected chi connectivity index (χ0v) is 21.8. The number of hydrogen-bond acceptors (Lipinski definition) is 6. The fraction of sp³-hybridized carbons (Fsp3) is 0.739. The van der Waals surface area contributed by atoms with Crippen molar-refractivity contribution in [2.45, 2.75) is 44.9 Å². The van der Waals surface area contributed by atoms with Crippen LogP contribution < -0.4 is 15.5 Å². The number of nitrogens with one attached hydrogen (secondary N) is 2. The van der Waals surface area contributed by atoms with Gasteiger partial charge < -0.3 is 29.9 Å². The number of likely N-dealkylation sites (tertiary alicyclic amines) is 1. The molecule has 3 aliphatic rings. The lowest BCUT2D eigenvalue weighted by Crippen LogP contribution is -2.49. The van der Waals surface area contributed by atoms with Crippen molar-refractivity contribution in [3.8, 4) is 0 Å². The van der Waals surface area contributed by atoms with Gasteiger partial charge in [-0.15, -0.1) is 24.0 Å². The quantitative estimate of drug-likeness (QED) is 0.315. The Labute approximate surface area is 209 Å². The second kappa shape index (κ2) is 12.9. The number of aromatic nitrogens is 1. The van der Waals surface area contributed by atoms with E-state index in [2.05, 4.69) is 49.5 Å². The van der Waals surface area contributed by atoms with Gasteiger partial charge >= 0.3 is 0 Å². The van der Waals surface area contributed by atoms with Gasteiger partial charge in [-0.3, -0.25) is 4.99 Å². The summed E-state index contributed by atoms with van der Waals surface area (Å²) in [5.41, 5.74) is 1.21. The zero-order valence-electron chi connectivity index (χ0n) is 19.5. The predicted molar refractivity (Wildman–Crippen MR) is 139 cm³/mol. The summed E-state index contributed by atoms with van der Waals surface area (Å²) in [6, 6.07) is 4.72. The Morgan fingerprint density at radius 2 is 2.06 bits per heavy atom. The van der Waals surface area contributed by atoms with Crippen molar-refractivity contribution in [1.29, 1.82) is 0 Å². The number of guanidine groups is 1. The van der Waals surface area contributed by atoms with Crippen LogP contribution >= 0.6 is 24.0 Å². The van der Waals surface area contributed by atoms with Crippen molar-refractivity contribution in [3.63, 3.8) is 0 Å². The minimum absolute atomic E-state index is 0. The van der Waals surface area contributed by atoms with Crippen molar-refractivity contribution in [1.82, 2.24) is 20.5 Å². The number of halogens is 1. The molecule has 2 unspecified atom stereocenters. The Balaban J connectivity index is 0.00000289. The Kier molecular flexibility index (Phi) is 10.3. The lowest BCUT2D eigenvalue weighted by Gasteiger charge is -2.34. The highest BCUT2D eigenvalue weighted by Crippen LogP contribution is 2.18. The molecule has 0 amide bonds. The summed E-state index contributed by atoms with van der Waals surface area (Å²) >= 11 is 0. The zero-order chi connectivity index (χ0) is 21.5. The van der Waals surface area contributed by atoms with Crippen LogP contribution in [-0.4, -0.2) is 87.6 Å². The summed E-state index contributed by atoms with van der Waals surface area (Å²) in [5.74, 6) is 2.63. The van der Waals surface area contributed by atoms with E-state index in [4.69, 9.17) is 9.47 Å². The maximum Gasteiger partial charge on any atom is 0.191 e. The SMILES string of the molecule is CN=C(NCc1ccnc(N2CCOC(C)C2)c1)NC1CCN(CC2CCOC2)CC1.I. The monoisotopic (exact) mass is 558 g/mol. The van der Waals surface area contributed by atoms with Crippen molar-refractivity contribution in [3.05, 3.63) is 23.9 Å². The van der Waals surface area contributed by atoms with E-state index in [9.17, 15) is 0 Å². The van der Waals surface area contributed by atoms with E-state index in [1.54, 1.807) is 0 Å². The third kappa shape index (κ3) is 7.43. The molecule has 9 heteroatoms. The standard InChI is InChI=1S/C23H38N6O2.HI/c1-18-15-29(10-12-31-18)22-13-19(3-7-25-22)14-26-23(24-2)27-21-4-8-28(9-5-21)16-20-6-11-30-17-20;/h3,7,13,18,20-21H,4-6,8-12,14-17H2,1-2H3,(H2,24,26,27);1H. The largest absolute Gasteiger partial charge is 0.381 e. The molecule has 180 valence electrons. The maximum absolute atomic E-state index is 5.65. The molecule has 3 aliphatic heterocycles. The predicted octanol–water partition coefficient (Wildman–Crippen LogP) is 2.09. The first-order chi connectivity index (χ1) is 15.2. The minimum atomic E-state index is 0. The highest BCUT2D eigenvalue weighted by atomic mass is 127. The number of hydrogen-bond donors (Lipinski definition) is 2. The van der Waals surface area contributed by atoms with Gasteiger partial charge in [0.25, 0.3) is 0 Å². The van der Waals surface area contributed by atoms with Crippen molar-refractivity contribution < 1.29 is 9.47 Å². The lowest BCUT2D eigenvalue weighted by molar-refractivity contribution is 0.0529. The van der Waals surface area contributed by atoms with E-state index in [0.717, 1.165) is 83.1 Å². The number of nitrogens with zero attached hydrogens (tertiary/aromatic N) is 4. The van der Waals surface area contributed by atoms with Crippen LogP contribution in [0, 0.1) is 5.92 Å². The molecular formula is C23H39IN6O2. The molecule has 32 heavy (non-hydrogen) atoms. The highest BCUT2D eigenvalue weighted by molar-refractivity contribution is 14.0. The van der Waals surface area contributed by atoms with Gasteiger partial charge in [-0.25, -0.2) is 4.98 Å². The number of rotatable bonds is 6. The number of piperidine rings is 1. The molecule has 1 aromatic heterocycles. The normalized spacial score (nSPS) is 25.4. The van der Waals surface area contributed by atoms with E-state index in [0.29, 0.717) is 6.04 Å². The van der Waals surface area contributed by atoms with E-state index >= 15 is 0 Å². The average Bonchev–Trinajstić information content (AvgIpc) is 3.31. The van der Waals surface area contributed by atoms with Gasteiger partial charge in [0.1, 0.15) is 5.82 Å². The number of morpholine rings is 1. The second-order valence-electron chi connectivity index (χ2n) is 9.02. The van der Waals surface area contributed by atoms with Crippen LogP contribution in [-0.2, 0) is 16.0 Å². The van der Waals surface area contributed by atoms with Gasteiger partial charge in [-0.05, 0) is 49.8 Å². The van der Waals surface area contributed by atoms with Gasteiger partial charge in [0.2, 0.25) is 0 Å². The Morgan fingerprint density at radius 3 is 2.78 bits per heavy atom. The summed E-state index contributed by atoms with van der Waals surface area (Å²) < 4.78 is 11.2. The number of pyridine rings is 1. The number of anilines is 1. The van der Waals surface area contributed by atoms with Crippen molar-refractivity contribution >= 4 is 35.8 Å². The molecular weight excluding hydrogens is 519 g/mol. The smallest absolute Gasteiger partial charge is 0.191 e. The second-order valence-corrected chi connectivity index (χ2v) is 9.02. The number of ether oxygens (including phenoxy) is 2. The van der Waals surface area contributed by atoms with Gasteiger partial charge in [-0.1, -0.05) is 0 Å². The summed E-state index contributed by atoms with van der Waals surface area (Å²) in [6.07, 6.45) is 5.67. The summed E-state index contributed by atoms with van der Waals surface area (Å²) in [5, 5.41) is 7.10. The fourth-order valence-corrected chi connectivity index (χ4v) is 4.70. The molecule has 8 nitrogen and oxygen atoms in total. The molecule has 3 fully saturated rings. The number of aliphatic imine (C=N–C) groups is 1. The van der Waals surface area contributed by atoms with Crippen LogP contribution in [0.2, 0.25) is 0 Å². The van der Waals surface area contributed by atoms with Crippen molar-refractivity contribution in [2.24, 2.45) is 10.9 Å². The van der Waals surface area contributed by atoms with E-state index in [-0.39, 0.29) is 30.1 Å². The van der Waals surface area contributed by atoms with Crippen LogP contribution in [0.5, 0.6) is 0 Å². The van der Waals surface area contributed by atoms with Crippen LogP contribution in [0.3, 0.4) is 0 Å². The molecule has 0 saturated carbocycles. The molecule has 0 bridgehead atoms. The third-order valence-electron chi connectivity index (χ3n) is 6.53. The molecule has 0 aromatic carbocycles. The summed E-state index contributed by atoms with van der Waals surface area (Å²) in [4.78, 5) is 13.9. The average molecular weight is 559 g/mol. The van der Waals surface area contributed by atoms with Crippen LogP contribution in [0.1, 0.15) is 31.7 Å². The van der Waals surface area contributed by atoms with Crippen LogP contribution in [0.4, 0.5) is 5.82 Å². The first-order valence-corrected chi connectivity index (χ1v) is 11.8. The fourth-order valence-electron chi connectivity index (χ4n) is 4.70. The Morgan fingerprint density at radius 1 is 1.22 bits per heavy atom. The van der Waals surface area contributed by atoms with Crippen molar-refractivity contribution in [2.75, 3.05) is 64.5 Å². The van der Waals surface area contributed by atoms with Gasteiger partial charge in [-0.2, -0.15) is 0 Å². The molecule has 4 heterocycles. The maximum atomic E-state index is 5.65. The molecule has 3 saturated heterocycles. The molecule has 2 atom stereocenters. The molecule has 1 aromatic rings. The molecule has 0 aliphatic carbocycles. The van der Waals surface area contributed by atoms with Gasteiger partial charge in [0, 0.05) is 65.2 Å². The first kappa shape index (κ1) is 25.5. The summed E-state index contributed by atoms with van der Waals surface area (Å²) in [7, 11) is 1.84. The summed E-state index contributed by atoms with van der Waals surface area (Å²) in [6.45, 7) is 10.8. The van der Waals surface area contributed by atoms with E-state index in [1.165, 1.54) is 18.5 Å². The Bertz CT molecular complexity index is 722. The topological polar surface area (TPSA) is 74.2 Å². The Hall–Kier alpha value is -1.17. The van der Waals surface area contributed by atoms with Gasteiger partial charge in [0.05, 0.1) is 19.3 Å². The highest BCUT2D eigenvalue weighted by Gasteiger charge is 2.24. The molecule has 4 rings (SSSR count). The molecule has 2 N–H and O–H groups in total.